The fraction of sp³-hybridized carbons (Fsp3) is 0.429. The maximum atomic E-state index is 13.2. The predicted molar refractivity (Wildman–Crippen MR) is 112 cm³/mol. The van der Waals surface area contributed by atoms with Gasteiger partial charge in [0.05, 0.1) is 28.0 Å². The second-order valence-corrected chi connectivity index (χ2v) is 10.8. The molecule has 2 aromatic rings. The van der Waals surface area contributed by atoms with E-state index in [0.29, 0.717) is 35.3 Å². The summed E-state index contributed by atoms with van der Waals surface area (Å²) in [5.41, 5.74) is 3.80. The molecule has 2 aromatic carbocycles. The van der Waals surface area contributed by atoms with Crippen molar-refractivity contribution in [2.75, 3.05) is 13.2 Å². The molecule has 2 aliphatic rings. The maximum Gasteiger partial charge on any atom is 0.218 e. The van der Waals surface area contributed by atoms with Crippen LogP contribution < -0.4 is 0 Å². The summed E-state index contributed by atoms with van der Waals surface area (Å²) in [6, 6.07) is 11.1. The van der Waals surface area contributed by atoms with Crippen molar-refractivity contribution >= 4 is 33.2 Å². The van der Waals surface area contributed by atoms with E-state index in [1.165, 1.54) is 11.1 Å². The van der Waals surface area contributed by atoms with E-state index in [2.05, 4.69) is 19.9 Å². The number of rotatable bonds is 3. The minimum Gasteiger partial charge on any atom is -0.370 e. The summed E-state index contributed by atoms with van der Waals surface area (Å²) in [5.74, 6) is 0.135. The van der Waals surface area contributed by atoms with Crippen LogP contribution in [0.2, 0.25) is 10.0 Å². The van der Waals surface area contributed by atoms with Crippen molar-refractivity contribution in [3.05, 3.63) is 68.7 Å². The summed E-state index contributed by atoms with van der Waals surface area (Å²) < 4.78 is 34.0. The molecule has 0 N–H and O–H groups in total. The van der Waals surface area contributed by atoms with Gasteiger partial charge in [-0.2, -0.15) is 4.31 Å². The zero-order valence-electron chi connectivity index (χ0n) is 15.9. The number of halogens is 2. The van der Waals surface area contributed by atoms with E-state index in [1.54, 1.807) is 22.5 Å². The lowest BCUT2D eigenvalue weighted by atomic mass is 9.80. The molecule has 0 amide bonds. The van der Waals surface area contributed by atoms with Crippen LogP contribution in [-0.4, -0.2) is 25.9 Å². The summed E-state index contributed by atoms with van der Waals surface area (Å²) >= 11 is 12.0. The first-order valence-electron chi connectivity index (χ1n) is 9.35. The summed E-state index contributed by atoms with van der Waals surface area (Å²) in [6.45, 7) is 5.63. The molecule has 0 bridgehead atoms. The van der Waals surface area contributed by atoms with Gasteiger partial charge in [-0.1, -0.05) is 47.5 Å². The van der Waals surface area contributed by atoms with Crippen LogP contribution in [-0.2, 0) is 32.7 Å². The average molecular weight is 440 g/mol. The normalized spacial score (nSPS) is 21.8. The molecule has 1 atom stereocenters. The zero-order valence-corrected chi connectivity index (χ0v) is 18.2. The number of sulfonamides is 1. The van der Waals surface area contributed by atoms with Gasteiger partial charge in [0, 0.05) is 19.0 Å². The van der Waals surface area contributed by atoms with Crippen LogP contribution in [0, 0.1) is 0 Å². The third kappa shape index (κ3) is 3.71. The summed E-state index contributed by atoms with van der Waals surface area (Å²) in [7, 11) is -3.49. The van der Waals surface area contributed by atoms with Crippen LogP contribution in [0.1, 0.15) is 48.4 Å². The Morgan fingerprint density at radius 1 is 1.18 bits per heavy atom. The fourth-order valence-electron chi connectivity index (χ4n) is 4.19. The van der Waals surface area contributed by atoms with Crippen LogP contribution in [0.5, 0.6) is 0 Å². The van der Waals surface area contributed by atoms with Crippen LogP contribution in [0.4, 0.5) is 0 Å². The van der Waals surface area contributed by atoms with Gasteiger partial charge >= 0.3 is 0 Å². The topological polar surface area (TPSA) is 46.6 Å². The Morgan fingerprint density at radius 3 is 2.71 bits per heavy atom. The largest absolute Gasteiger partial charge is 0.370 e. The maximum absolute atomic E-state index is 13.2. The molecule has 4 nitrogen and oxygen atoms in total. The lowest BCUT2D eigenvalue weighted by molar-refractivity contribution is -0.0437. The Hall–Kier alpha value is -1.11. The molecule has 150 valence electrons. The number of nitrogens with zero attached hydrogens (tertiary/aromatic N) is 1. The molecule has 0 saturated carbocycles. The van der Waals surface area contributed by atoms with Gasteiger partial charge in [-0.3, -0.25) is 0 Å². The summed E-state index contributed by atoms with van der Waals surface area (Å²) in [6.07, 6.45) is 0.751. The van der Waals surface area contributed by atoms with Gasteiger partial charge in [0.25, 0.3) is 0 Å². The molecule has 28 heavy (non-hydrogen) atoms. The van der Waals surface area contributed by atoms with Crippen LogP contribution in [0.3, 0.4) is 0 Å². The van der Waals surface area contributed by atoms with Crippen molar-refractivity contribution in [1.29, 1.82) is 0 Å². The predicted octanol–water partition coefficient (Wildman–Crippen LogP) is 5.08. The molecule has 0 aromatic heterocycles. The Bertz CT molecular complexity index is 1020. The number of benzene rings is 2. The van der Waals surface area contributed by atoms with E-state index >= 15 is 0 Å². The van der Waals surface area contributed by atoms with E-state index < -0.39 is 10.0 Å². The Kier molecular flexibility index (Phi) is 5.26. The second kappa shape index (κ2) is 7.29. The lowest BCUT2D eigenvalue weighted by Crippen LogP contribution is -2.33. The third-order valence-corrected chi connectivity index (χ3v) is 8.23. The standard InChI is InChI=1S/C21H23Cl2NO3S/c1-21(2)17-5-3-4-15-11-24(9-8-16(12-27-21)20(15)17)28(25,26)13-14-6-7-18(22)19(23)10-14/h3-7,10,16H,8-9,11-13H2,1-2H3. The summed E-state index contributed by atoms with van der Waals surface area (Å²) in [5, 5.41) is 0.786. The van der Waals surface area contributed by atoms with Gasteiger partial charge in [-0.25, -0.2) is 8.42 Å². The molecule has 1 unspecified atom stereocenters. The zero-order chi connectivity index (χ0) is 20.1. The molecule has 0 fully saturated rings. The van der Waals surface area contributed by atoms with Crippen LogP contribution in [0.25, 0.3) is 0 Å². The molecule has 0 spiro atoms. The number of hydrogen-bond donors (Lipinski definition) is 0. The number of hydrogen-bond acceptors (Lipinski definition) is 3. The van der Waals surface area contributed by atoms with E-state index in [4.69, 9.17) is 27.9 Å². The third-order valence-electron chi connectivity index (χ3n) is 5.70. The van der Waals surface area contributed by atoms with E-state index in [0.717, 1.165) is 12.0 Å². The Morgan fingerprint density at radius 2 is 1.96 bits per heavy atom. The van der Waals surface area contributed by atoms with Gasteiger partial charge < -0.3 is 4.74 Å². The van der Waals surface area contributed by atoms with Crippen LogP contribution >= 0.6 is 23.2 Å². The van der Waals surface area contributed by atoms with Crippen LogP contribution in [0.15, 0.2) is 36.4 Å². The first kappa shape index (κ1) is 20.2. The smallest absolute Gasteiger partial charge is 0.218 e. The highest BCUT2D eigenvalue weighted by atomic mass is 35.5. The van der Waals surface area contributed by atoms with Crippen molar-refractivity contribution in [3.63, 3.8) is 0 Å². The van der Waals surface area contributed by atoms with Gasteiger partial charge in [-0.15, -0.1) is 0 Å². The van der Waals surface area contributed by atoms with Crippen molar-refractivity contribution in [2.24, 2.45) is 0 Å². The molecule has 4 rings (SSSR count). The first-order chi connectivity index (χ1) is 13.2. The van der Waals surface area contributed by atoms with E-state index in [1.807, 2.05) is 12.1 Å². The Balaban J connectivity index is 1.65. The molecular weight excluding hydrogens is 417 g/mol. The molecule has 2 aliphatic heterocycles. The van der Waals surface area contributed by atoms with Crippen molar-refractivity contribution < 1.29 is 13.2 Å². The van der Waals surface area contributed by atoms with E-state index in [-0.39, 0.29) is 17.3 Å². The van der Waals surface area contributed by atoms with Gasteiger partial charge in [0.2, 0.25) is 10.0 Å². The minimum absolute atomic E-state index is 0.0917. The van der Waals surface area contributed by atoms with Gasteiger partial charge in [0.15, 0.2) is 0 Å². The summed E-state index contributed by atoms with van der Waals surface area (Å²) in [4.78, 5) is 0. The molecular formula is C21H23Cl2NO3S. The van der Waals surface area contributed by atoms with E-state index in [9.17, 15) is 8.42 Å². The molecule has 7 heteroatoms. The highest BCUT2D eigenvalue weighted by molar-refractivity contribution is 7.88. The van der Waals surface area contributed by atoms with Crippen molar-refractivity contribution in [2.45, 2.75) is 44.1 Å². The van der Waals surface area contributed by atoms with Crippen molar-refractivity contribution in [1.82, 2.24) is 4.31 Å². The lowest BCUT2D eigenvalue weighted by Gasteiger charge is -2.37. The second-order valence-electron chi connectivity index (χ2n) is 8.02. The molecule has 0 radical (unpaired) electrons. The quantitative estimate of drug-likeness (QED) is 0.669. The average Bonchev–Trinajstić information content (AvgIpc) is 2.82. The number of ether oxygens (including phenoxy) is 1. The monoisotopic (exact) mass is 439 g/mol. The van der Waals surface area contributed by atoms with Gasteiger partial charge in [-0.05, 0) is 54.7 Å². The van der Waals surface area contributed by atoms with Gasteiger partial charge in [0.1, 0.15) is 0 Å². The molecule has 0 saturated heterocycles. The molecule has 2 heterocycles. The first-order valence-corrected chi connectivity index (χ1v) is 11.7. The highest BCUT2D eigenvalue weighted by Gasteiger charge is 2.38. The Labute approximate surface area is 176 Å². The minimum atomic E-state index is -3.49. The highest BCUT2D eigenvalue weighted by Crippen LogP contribution is 2.43. The molecule has 0 aliphatic carbocycles. The fourth-order valence-corrected chi connectivity index (χ4v) is 6.02. The van der Waals surface area contributed by atoms with Crippen molar-refractivity contribution in [3.8, 4) is 0 Å². The SMILES string of the molecule is CC1(C)OCC2CCN(S(=O)(=O)Cc3ccc(Cl)c(Cl)c3)Cc3cccc1c32.